The normalized spacial score (nSPS) is 13.1. The molecule has 0 aliphatic rings. The summed E-state index contributed by atoms with van der Waals surface area (Å²) in [5.41, 5.74) is 8.44. The van der Waals surface area contributed by atoms with E-state index < -0.39 is 0 Å². The van der Waals surface area contributed by atoms with E-state index in [1.807, 2.05) is 10.9 Å². The number of hydrogen-bond donors (Lipinski definition) is 1. The number of thiophene rings is 1. The van der Waals surface area contributed by atoms with E-state index in [-0.39, 0.29) is 6.04 Å². The SMILES string of the molecule is CCn1cc(C(CN)N(C)Cc2ccsc2)cn1. The molecule has 0 spiro atoms. The van der Waals surface area contributed by atoms with E-state index >= 15 is 0 Å². The fraction of sp³-hybridized carbons (Fsp3) is 0.462. The van der Waals surface area contributed by atoms with Gasteiger partial charge in [-0.1, -0.05) is 0 Å². The van der Waals surface area contributed by atoms with Gasteiger partial charge in [-0.3, -0.25) is 9.58 Å². The molecule has 0 amide bonds. The molecule has 0 saturated carbocycles. The maximum Gasteiger partial charge on any atom is 0.0538 e. The maximum atomic E-state index is 5.91. The lowest BCUT2D eigenvalue weighted by atomic mass is 10.1. The molecule has 2 N–H and O–H groups in total. The molecule has 2 aromatic rings. The molecular weight excluding hydrogens is 244 g/mol. The lowest BCUT2D eigenvalue weighted by Crippen LogP contribution is -2.29. The molecule has 1 atom stereocenters. The Morgan fingerprint density at radius 1 is 1.56 bits per heavy atom. The molecule has 18 heavy (non-hydrogen) atoms. The Hall–Kier alpha value is -1.17. The first kappa shape index (κ1) is 13.3. The fourth-order valence-corrected chi connectivity index (χ4v) is 2.74. The number of rotatable bonds is 6. The molecule has 0 saturated heterocycles. The van der Waals surface area contributed by atoms with Crippen LogP contribution in [0.5, 0.6) is 0 Å². The smallest absolute Gasteiger partial charge is 0.0538 e. The van der Waals surface area contributed by atoms with Crippen molar-refractivity contribution in [1.82, 2.24) is 14.7 Å². The molecule has 98 valence electrons. The largest absolute Gasteiger partial charge is 0.329 e. The Kier molecular flexibility index (Phi) is 4.52. The number of nitrogens with two attached hydrogens (primary N) is 1. The molecule has 0 aliphatic heterocycles. The van der Waals surface area contributed by atoms with Crippen LogP contribution in [0.1, 0.15) is 24.1 Å². The lowest BCUT2D eigenvalue weighted by Gasteiger charge is -2.25. The fourth-order valence-electron chi connectivity index (χ4n) is 2.08. The van der Waals surface area contributed by atoms with Crippen LogP contribution in [-0.4, -0.2) is 28.3 Å². The van der Waals surface area contributed by atoms with Crippen molar-refractivity contribution in [3.63, 3.8) is 0 Å². The van der Waals surface area contributed by atoms with Gasteiger partial charge in [0.2, 0.25) is 0 Å². The second-order valence-electron chi connectivity index (χ2n) is 4.43. The van der Waals surface area contributed by atoms with E-state index in [9.17, 15) is 0 Å². The average molecular weight is 264 g/mol. The topological polar surface area (TPSA) is 47.1 Å². The van der Waals surface area contributed by atoms with Gasteiger partial charge < -0.3 is 5.73 Å². The van der Waals surface area contributed by atoms with E-state index in [2.05, 4.69) is 47.0 Å². The van der Waals surface area contributed by atoms with Crippen LogP contribution in [-0.2, 0) is 13.1 Å². The summed E-state index contributed by atoms with van der Waals surface area (Å²) >= 11 is 1.73. The third kappa shape index (κ3) is 2.98. The van der Waals surface area contributed by atoms with Crippen molar-refractivity contribution in [1.29, 1.82) is 0 Å². The minimum Gasteiger partial charge on any atom is -0.329 e. The molecule has 2 aromatic heterocycles. The van der Waals surface area contributed by atoms with Gasteiger partial charge in [0, 0.05) is 31.4 Å². The van der Waals surface area contributed by atoms with Crippen LogP contribution in [0.2, 0.25) is 0 Å². The Morgan fingerprint density at radius 2 is 2.39 bits per heavy atom. The van der Waals surface area contributed by atoms with Gasteiger partial charge in [0.15, 0.2) is 0 Å². The molecule has 0 fully saturated rings. The zero-order chi connectivity index (χ0) is 13.0. The Labute approximate surface area is 112 Å². The standard InChI is InChI=1S/C13H20N4S/c1-3-17-9-12(7-15-17)13(6-14)16(2)8-11-4-5-18-10-11/h4-5,7,9-10,13H,3,6,8,14H2,1-2H3. The molecule has 0 bridgehead atoms. The van der Waals surface area contributed by atoms with Gasteiger partial charge in [-0.25, -0.2) is 0 Å². The van der Waals surface area contributed by atoms with Crippen molar-refractivity contribution in [3.05, 3.63) is 40.3 Å². The van der Waals surface area contributed by atoms with Crippen molar-refractivity contribution in [2.45, 2.75) is 26.1 Å². The number of hydrogen-bond acceptors (Lipinski definition) is 4. The van der Waals surface area contributed by atoms with Gasteiger partial charge >= 0.3 is 0 Å². The van der Waals surface area contributed by atoms with Crippen molar-refractivity contribution in [2.24, 2.45) is 5.73 Å². The second kappa shape index (κ2) is 6.13. The number of aromatic nitrogens is 2. The maximum absolute atomic E-state index is 5.91. The summed E-state index contributed by atoms with van der Waals surface area (Å²) in [7, 11) is 2.11. The van der Waals surface area contributed by atoms with E-state index in [4.69, 9.17) is 5.73 Å². The summed E-state index contributed by atoms with van der Waals surface area (Å²) in [5, 5.41) is 8.61. The summed E-state index contributed by atoms with van der Waals surface area (Å²) in [6.45, 7) is 4.51. The Bertz CT molecular complexity index is 463. The minimum absolute atomic E-state index is 0.227. The Morgan fingerprint density at radius 3 is 2.94 bits per heavy atom. The quantitative estimate of drug-likeness (QED) is 0.869. The monoisotopic (exact) mass is 264 g/mol. The molecule has 1 unspecified atom stereocenters. The van der Waals surface area contributed by atoms with Crippen molar-refractivity contribution < 1.29 is 0 Å². The third-order valence-electron chi connectivity index (χ3n) is 3.13. The molecule has 5 heteroatoms. The molecule has 2 heterocycles. The summed E-state index contributed by atoms with van der Waals surface area (Å²) in [4.78, 5) is 2.28. The van der Waals surface area contributed by atoms with Gasteiger partial charge in [-0.2, -0.15) is 16.4 Å². The van der Waals surface area contributed by atoms with E-state index in [1.54, 1.807) is 11.3 Å². The zero-order valence-corrected chi connectivity index (χ0v) is 11.7. The number of aryl methyl sites for hydroxylation is 1. The van der Waals surface area contributed by atoms with Crippen LogP contribution in [0, 0.1) is 0 Å². The predicted molar refractivity (Wildman–Crippen MR) is 75.5 cm³/mol. The third-order valence-corrected chi connectivity index (χ3v) is 3.86. The van der Waals surface area contributed by atoms with E-state index in [0.717, 1.165) is 13.1 Å². The highest BCUT2D eigenvalue weighted by Gasteiger charge is 2.17. The predicted octanol–water partition coefficient (Wildman–Crippen LogP) is 2.10. The molecular formula is C13H20N4S. The molecule has 0 radical (unpaired) electrons. The van der Waals surface area contributed by atoms with Gasteiger partial charge in [0.25, 0.3) is 0 Å². The van der Waals surface area contributed by atoms with Crippen LogP contribution in [0.4, 0.5) is 0 Å². The molecule has 2 rings (SSSR count). The van der Waals surface area contributed by atoms with Gasteiger partial charge in [-0.05, 0) is 36.4 Å². The van der Waals surface area contributed by atoms with Crippen LogP contribution in [0.25, 0.3) is 0 Å². The van der Waals surface area contributed by atoms with Gasteiger partial charge in [0.1, 0.15) is 0 Å². The molecule has 0 aromatic carbocycles. The summed E-state index contributed by atoms with van der Waals surface area (Å²) < 4.78 is 1.94. The highest BCUT2D eigenvalue weighted by molar-refractivity contribution is 7.07. The van der Waals surface area contributed by atoms with Gasteiger partial charge in [0.05, 0.1) is 12.2 Å². The first-order chi connectivity index (χ1) is 8.74. The molecule has 0 aliphatic carbocycles. The van der Waals surface area contributed by atoms with Gasteiger partial charge in [-0.15, -0.1) is 0 Å². The summed E-state index contributed by atoms with van der Waals surface area (Å²) in [6, 6.07) is 2.38. The number of nitrogens with zero attached hydrogens (tertiary/aromatic N) is 3. The van der Waals surface area contributed by atoms with Crippen molar-refractivity contribution >= 4 is 11.3 Å². The highest BCUT2D eigenvalue weighted by Crippen LogP contribution is 2.20. The van der Waals surface area contributed by atoms with Crippen LogP contribution >= 0.6 is 11.3 Å². The lowest BCUT2D eigenvalue weighted by molar-refractivity contribution is 0.242. The van der Waals surface area contributed by atoms with Crippen LogP contribution in [0.15, 0.2) is 29.2 Å². The minimum atomic E-state index is 0.227. The first-order valence-corrected chi connectivity index (χ1v) is 7.12. The van der Waals surface area contributed by atoms with Crippen LogP contribution in [0.3, 0.4) is 0 Å². The summed E-state index contributed by atoms with van der Waals surface area (Å²) in [6.07, 6.45) is 4.01. The Balaban J connectivity index is 2.07. The first-order valence-electron chi connectivity index (χ1n) is 6.18. The van der Waals surface area contributed by atoms with E-state index in [1.165, 1.54) is 11.1 Å². The zero-order valence-electron chi connectivity index (χ0n) is 10.9. The summed E-state index contributed by atoms with van der Waals surface area (Å²) in [5.74, 6) is 0. The van der Waals surface area contributed by atoms with Crippen molar-refractivity contribution in [3.8, 4) is 0 Å². The van der Waals surface area contributed by atoms with E-state index in [0.29, 0.717) is 6.54 Å². The molecule has 4 nitrogen and oxygen atoms in total. The highest BCUT2D eigenvalue weighted by atomic mass is 32.1. The number of likely N-dealkylation sites (N-methyl/N-ethyl adjacent to an activating group) is 1. The second-order valence-corrected chi connectivity index (χ2v) is 5.21. The van der Waals surface area contributed by atoms with Crippen LogP contribution < -0.4 is 5.73 Å². The average Bonchev–Trinajstić information content (AvgIpc) is 3.01. The van der Waals surface area contributed by atoms with Crippen molar-refractivity contribution in [2.75, 3.05) is 13.6 Å².